The zero-order valence-electron chi connectivity index (χ0n) is 18.1. The van der Waals surface area contributed by atoms with Gasteiger partial charge in [-0.1, -0.05) is 62.4 Å². The van der Waals surface area contributed by atoms with Gasteiger partial charge in [0.2, 0.25) is 10.0 Å². The molecule has 0 amide bonds. The first-order valence-corrected chi connectivity index (χ1v) is 11.2. The Morgan fingerprint density at radius 1 is 1.03 bits per heavy atom. The van der Waals surface area contributed by atoms with Crippen LogP contribution in [0.3, 0.4) is 0 Å². The quantitative estimate of drug-likeness (QED) is 0.336. The minimum atomic E-state index is -3.65. The predicted octanol–water partition coefficient (Wildman–Crippen LogP) is -1.56. The molecule has 0 aliphatic rings. The Morgan fingerprint density at radius 3 is 1.94 bits per heavy atom. The van der Waals surface area contributed by atoms with E-state index in [9.17, 15) is 13.5 Å². The summed E-state index contributed by atoms with van der Waals surface area (Å²) in [5.41, 5.74) is 5.13. The number of quaternary nitrogens is 1. The van der Waals surface area contributed by atoms with Gasteiger partial charge in [0, 0.05) is 24.4 Å². The van der Waals surface area contributed by atoms with Crippen LogP contribution < -0.4 is 18.1 Å². The lowest BCUT2D eigenvalue weighted by Gasteiger charge is -2.27. The molecule has 0 heterocycles. The van der Waals surface area contributed by atoms with E-state index in [1.807, 2.05) is 44.2 Å². The van der Waals surface area contributed by atoms with Gasteiger partial charge < -0.3 is 23.2 Å². The molecule has 0 aromatic heterocycles. The number of benzene rings is 2. The van der Waals surface area contributed by atoms with E-state index in [1.165, 1.54) is 4.31 Å². The van der Waals surface area contributed by atoms with E-state index in [1.54, 1.807) is 30.3 Å². The molecule has 0 radical (unpaired) electrons. The fourth-order valence-corrected chi connectivity index (χ4v) is 4.47. The second-order valence-corrected chi connectivity index (χ2v) is 9.42. The predicted molar refractivity (Wildman–Crippen MR) is 116 cm³/mol. The van der Waals surface area contributed by atoms with Crippen molar-refractivity contribution >= 4 is 10.0 Å². The molecule has 2 aromatic rings. The summed E-state index contributed by atoms with van der Waals surface area (Å²) in [4.78, 5) is 8.55. The first-order valence-electron chi connectivity index (χ1n) is 9.72. The number of sulfonamides is 1. The molecule has 2 aromatic carbocycles. The first-order chi connectivity index (χ1) is 14.0. The lowest BCUT2D eigenvalue weighted by molar-refractivity contribution is -0.445. The van der Waals surface area contributed by atoms with Crippen molar-refractivity contribution in [3.05, 3.63) is 76.3 Å². The largest absolute Gasteiger partial charge is 1.00 e. The minimum absolute atomic E-state index is 0. The molecule has 1 unspecified atom stereocenters. The topological polar surface area (TPSA) is 128 Å². The van der Waals surface area contributed by atoms with E-state index in [0.717, 1.165) is 12.6 Å². The van der Waals surface area contributed by atoms with Gasteiger partial charge in [-0.05, 0) is 23.6 Å². The molecule has 0 fully saturated rings. The molecule has 174 valence electrons. The van der Waals surface area contributed by atoms with Crippen molar-refractivity contribution in [2.75, 3.05) is 20.1 Å². The molecule has 0 saturated carbocycles. The van der Waals surface area contributed by atoms with Gasteiger partial charge in [0.1, 0.15) is 12.1 Å². The Morgan fingerprint density at radius 2 is 1.48 bits per heavy atom. The highest BCUT2D eigenvalue weighted by Crippen LogP contribution is 2.18. The highest BCUT2D eigenvalue weighted by Gasteiger charge is 2.30. The van der Waals surface area contributed by atoms with Gasteiger partial charge in [-0.15, -0.1) is 0 Å². The van der Waals surface area contributed by atoms with Crippen molar-refractivity contribution < 1.29 is 36.6 Å². The number of rotatable bonds is 9. The van der Waals surface area contributed by atoms with E-state index in [0.29, 0.717) is 13.0 Å². The van der Waals surface area contributed by atoms with Gasteiger partial charge in [0.15, 0.2) is 7.05 Å². The molecule has 0 aliphatic carbocycles. The molecule has 0 bridgehead atoms. The fraction of sp³-hybridized carbons (Fsp3) is 0.429. The van der Waals surface area contributed by atoms with Crippen LogP contribution in [0.2, 0.25) is 0 Å². The maximum Gasteiger partial charge on any atom is 0.243 e. The van der Waals surface area contributed by atoms with Crippen LogP contribution in [0.4, 0.5) is 0 Å². The van der Waals surface area contributed by atoms with Crippen molar-refractivity contribution in [3.63, 3.8) is 0 Å². The first kappa shape index (κ1) is 29.0. The number of hydrogen-bond acceptors (Lipinski definition) is 5. The van der Waals surface area contributed by atoms with Crippen LogP contribution >= 0.6 is 0 Å². The molecule has 2 atom stereocenters. The summed E-state index contributed by atoms with van der Waals surface area (Å²) >= 11 is 0. The zero-order chi connectivity index (χ0) is 22.7. The Bertz CT molecular complexity index is 863. The monoisotopic (exact) mass is 473 g/mol. The van der Waals surface area contributed by atoms with E-state index >= 15 is 0 Å². The van der Waals surface area contributed by atoms with E-state index in [4.69, 9.17) is 10.1 Å². The van der Waals surface area contributed by atoms with Crippen LogP contribution in [-0.2, 0) is 16.4 Å². The van der Waals surface area contributed by atoms with Gasteiger partial charge >= 0.3 is 0 Å². The maximum atomic E-state index is 13.0. The number of aliphatic hydroxyl groups is 1. The Labute approximate surface area is 190 Å². The molecule has 31 heavy (non-hydrogen) atoms. The summed E-state index contributed by atoms with van der Waals surface area (Å²) in [6, 6.07) is 17.9. The third kappa shape index (κ3) is 10.7. The zero-order valence-corrected chi connectivity index (χ0v) is 19.7. The highest BCUT2D eigenvalue weighted by atomic mass is 35.5. The van der Waals surface area contributed by atoms with Crippen molar-refractivity contribution in [2.24, 2.45) is 5.92 Å². The summed E-state index contributed by atoms with van der Waals surface area (Å²) in [6.07, 6.45) is -0.240. The molecule has 4 N–H and O–H groups in total. The molecule has 0 saturated heterocycles. The van der Waals surface area contributed by atoms with Crippen LogP contribution in [0.15, 0.2) is 65.6 Å². The van der Waals surface area contributed by atoms with Crippen molar-refractivity contribution in [3.8, 4) is 0 Å². The van der Waals surface area contributed by atoms with Crippen LogP contribution in [0.25, 0.3) is 0 Å². The number of aliphatic hydroxyl groups excluding tert-OH is 1. The van der Waals surface area contributed by atoms with Gasteiger partial charge in [-0.3, -0.25) is 10.1 Å². The smallest absolute Gasteiger partial charge is 0.243 e. The van der Waals surface area contributed by atoms with Gasteiger partial charge in [-0.2, -0.15) is 4.31 Å². The van der Waals surface area contributed by atoms with E-state index in [2.05, 4.69) is 5.73 Å². The third-order valence-electron chi connectivity index (χ3n) is 4.23. The average Bonchev–Trinajstić information content (AvgIpc) is 2.68. The second kappa shape index (κ2) is 14.1. The lowest BCUT2D eigenvalue weighted by Crippen LogP contribution is -3.00. The fourth-order valence-electron chi connectivity index (χ4n) is 2.83. The Balaban J connectivity index is 0.00000165. The minimum Gasteiger partial charge on any atom is -1.00 e. The molecule has 8 nitrogen and oxygen atoms in total. The molecule has 0 spiro atoms. The second-order valence-electron chi connectivity index (χ2n) is 7.49. The van der Waals surface area contributed by atoms with Crippen LogP contribution in [0, 0.1) is 16.0 Å². The maximum absolute atomic E-state index is 13.0. The summed E-state index contributed by atoms with van der Waals surface area (Å²) in [6.45, 7) is 4.32. The molecule has 10 heteroatoms. The number of halogens is 1. The van der Waals surface area contributed by atoms with Crippen molar-refractivity contribution in [2.45, 2.75) is 37.3 Å². The summed E-state index contributed by atoms with van der Waals surface area (Å²) < 4.78 is 27.3. The molecular weight excluding hydrogens is 442 g/mol. The molecule has 0 aliphatic heterocycles. The number of hydrogen-bond donors (Lipinski definition) is 2. The Hall–Kier alpha value is -2.04. The van der Waals surface area contributed by atoms with Gasteiger partial charge in [0.25, 0.3) is 0 Å². The van der Waals surface area contributed by atoms with Crippen molar-refractivity contribution in [1.29, 1.82) is 0 Å². The average molecular weight is 474 g/mol. The summed E-state index contributed by atoms with van der Waals surface area (Å²) in [5, 5.41) is 19.4. The lowest BCUT2D eigenvalue weighted by atomic mass is 10.0. The SMILES string of the molecule is CC(C)CN(CC(O)[C@@H]([NH3+])Cc1ccccc1)S(=O)(=O)c1ccccc1.C[N+](=O)[O-].[Cl-]. The van der Waals surface area contributed by atoms with Gasteiger partial charge in [0.05, 0.1) is 4.90 Å². The van der Waals surface area contributed by atoms with E-state index in [-0.39, 0.29) is 35.8 Å². The summed E-state index contributed by atoms with van der Waals surface area (Å²) in [5.74, 6) is 0.151. The normalized spacial score (nSPS) is 13.0. The molecular formula is C21H32ClN3O5S. The van der Waals surface area contributed by atoms with Crippen LogP contribution in [0.5, 0.6) is 0 Å². The van der Waals surface area contributed by atoms with Crippen LogP contribution in [0.1, 0.15) is 19.4 Å². The Kier molecular flexibility index (Phi) is 13.2. The number of nitrogens with zero attached hydrogens (tertiary/aromatic N) is 2. The van der Waals surface area contributed by atoms with Crippen molar-refractivity contribution in [1.82, 2.24) is 4.31 Å². The molecule has 2 rings (SSSR count). The van der Waals surface area contributed by atoms with E-state index < -0.39 is 21.1 Å². The number of nitro groups is 1. The van der Waals surface area contributed by atoms with Gasteiger partial charge in [-0.25, -0.2) is 8.42 Å². The third-order valence-corrected chi connectivity index (χ3v) is 6.07. The summed E-state index contributed by atoms with van der Waals surface area (Å²) in [7, 11) is -2.76. The standard InChI is InChI=1S/C20H28N2O3S.CH3NO2.ClH/c1-16(2)14-22(26(24,25)18-11-7-4-8-12-18)15-20(23)19(21)13-17-9-5-3-6-10-17;1-2(3)4;/h3-12,16,19-20,23H,13-15,21H2,1-2H3;1H3;1H/t19-,20?;;/m0../s1. The highest BCUT2D eigenvalue weighted by molar-refractivity contribution is 7.89. The van der Waals surface area contributed by atoms with Crippen LogP contribution in [-0.4, -0.2) is 55.0 Å².